The largest absolute Gasteiger partial charge is 0.348 e. The van der Waals surface area contributed by atoms with Crippen LogP contribution in [0.3, 0.4) is 0 Å². The highest BCUT2D eigenvalue weighted by atomic mass is 79.9. The van der Waals surface area contributed by atoms with E-state index in [0.29, 0.717) is 17.9 Å². The monoisotopic (exact) mass is 312 g/mol. The molecule has 1 aliphatic carbocycles. The lowest BCUT2D eigenvalue weighted by molar-refractivity contribution is 0.0918. The molecule has 3 unspecified atom stereocenters. The van der Waals surface area contributed by atoms with Crippen LogP contribution in [0, 0.1) is 11.8 Å². The molecule has 1 aromatic heterocycles. The minimum atomic E-state index is 0.0495. The minimum absolute atomic E-state index is 0.0495. The zero-order valence-electron chi connectivity index (χ0n) is 11.2. The topological polar surface area (TPSA) is 34.0 Å². The number of nitrogens with one attached hydrogen (secondary N) is 1. The number of amides is 1. The standard InChI is InChI=1S/C14H21BrN2O/c1-4-17-8-11(15)7-13(17)14(18)16-12-6-5-9(2)10(12)3/h7-10,12H,4-6H2,1-3H3,(H,16,18). The van der Waals surface area contributed by atoms with E-state index in [0.717, 1.165) is 23.1 Å². The Morgan fingerprint density at radius 2 is 2.22 bits per heavy atom. The molecule has 18 heavy (non-hydrogen) atoms. The van der Waals surface area contributed by atoms with Gasteiger partial charge in [0, 0.05) is 23.3 Å². The zero-order chi connectivity index (χ0) is 13.3. The second-order valence-corrected chi connectivity index (χ2v) is 6.24. The number of carbonyl (C=O) groups excluding carboxylic acids is 1. The van der Waals surface area contributed by atoms with Crippen molar-refractivity contribution in [2.45, 2.75) is 46.2 Å². The number of hydrogen-bond acceptors (Lipinski definition) is 1. The number of hydrogen-bond donors (Lipinski definition) is 1. The number of nitrogens with zero attached hydrogens (tertiary/aromatic N) is 1. The fourth-order valence-corrected chi connectivity index (χ4v) is 3.20. The van der Waals surface area contributed by atoms with Crippen molar-refractivity contribution < 1.29 is 4.79 Å². The normalized spacial score (nSPS) is 27.4. The smallest absolute Gasteiger partial charge is 0.268 e. The highest BCUT2D eigenvalue weighted by Crippen LogP contribution is 2.31. The Balaban J connectivity index is 2.08. The summed E-state index contributed by atoms with van der Waals surface area (Å²) in [6.07, 6.45) is 4.27. The first kappa shape index (κ1) is 13.7. The Morgan fingerprint density at radius 1 is 1.50 bits per heavy atom. The van der Waals surface area contributed by atoms with Gasteiger partial charge in [-0.1, -0.05) is 13.8 Å². The number of carbonyl (C=O) groups is 1. The van der Waals surface area contributed by atoms with Gasteiger partial charge in [0.25, 0.3) is 5.91 Å². The van der Waals surface area contributed by atoms with E-state index in [4.69, 9.17) is 0 Å². The van der Waals surface area contributed by atoms with Crippen molar-refractivity contribution in [1.82, 2.24) is 9.88 Å². The number of aryl methyl sites for hydroxylation is 1. The van der Waals surface area contributed by atoms with Crippen LogP contribution in [0.5, 0.6) is 0 Å². The maximum absolute atomic E-state index is 12.3. The maximum Gasteiger partial charge on any atom is 0.268 e. The fourth-order valence-electron chi connectivity index (χ4n) is 2.74. The Kier molecular flexibility index (Phi) is 4.15. The van der Waals surface area contributed by atoms with Crippen molar-refractivity contribution in [3.8, 4) is 0 Å². The van der Waals surface area contributed by atoms with Gasteiger partial charge in [-0.05, 0) is 53.6 Å². The molecular formula is C14H21BrN2O. The SMILES string of the molecule is CCn1cc(Br)cc1C(=O)NC1CCC(C)C1C. The van der Waals surface area contributed by atoms with Crippen LogP contribution >= 0.6 is 15.9 Å². The zero-order valence-corrected chi connectivity index (χ0v) is 12.8. The predicted octanol–water partition coefficient (Wildman–Crippen LogP) is 3.43. The minimum Gasteiger partial charge on any atom is -0.348 e. The highest BCUT2D eigenvalue weighted by molar-refractivity contribution is 9.10. The summed E-state index contributed by atoms with van der Waals surface area (Å²) in [5.74, 6) is 1.33. The molecule has 1 heterocycles. The Labute approximate surface area is 117 Å². The van der Waals surface area contributed by atoms with Crippen molar-refractivity contribution in [3.63, 3.8) is 0 Å². The number of rotatable bonds is 3. The summed E-state index contributed by atoms with van der Waals surface area (Å²) in [5, 5.41) is 3.18. The summed E-state index contributed by atoms with van der Waals surface area (Å²) in [6, 6.07) is 2.22. The van der Waals surface area contributed by atoms with E-state index in [1.165, 1.54) is 6.42 Å². The molecule has 1 N–H and O–H groups in total. The van der Waals surface area contributed by atoms with Crippen molar-refractivity contribution in [1.29, 1.82) is 0 Å². The van der Waals surface area contributed by atoms with Crippen LogP contribution in [0.2, 0.25) is 0 Å². The van der Waals surface area contributed by atoms with E-state index < -0.39 is 0 Å². The van der Waals surface area contributed by atoms with Crippen molar-refractivity contribution in [2.24, 2.45) is 11.8 Å². The third-order valence-electron chi connectivity index (χ3n) is 4.22. The molecule has 0 saturated heterocycles. The third kappa shape index (κ3) is 2.63. The lowest BCUT2D eigenvalue weighted by Crippen LogP contribution is -2.38. The average Bonchev–Trinajstić information content (AvgIpc) is 2.86. The van der Waals surface area contributed by atoms with Gasteiger partial charge in [0.1, 0.15) is 5.69 Å². The first-order valence-electron chi connectivity index (χ1n) is 6.69. The van der Waals surface area contributed by atoms with Gasteiger partial charge in [-0.25, -0.2) is 0 Å². The van der Waals surface area contributed by atoms with Gasteiger partial charge in [-0.2, -0.15) is 0 Å². The van der Waals surface area contributed by atoms with Crippen molar-refractivity contribution in [3.05, 3.63) is 22.4 Å². The first-order valence-corrected chi connectivity index (χ1v) is 7.48. The summed E-state index contributed by atoms with van der Waals surface area (Å²) in [5.41, 5.74) is 0.746. The number of halogens is 1. The second kappa shape index (κ2) is 5.47. The van der Waals surface area contributed by atoms with Crippen molar-refractivity contribution in [2.75, 3.05) is 0 Å². The number of aromatic nitrogens is 1. The van der Waals surface area contributed by atoms with Gasteiger partial charge in [-0.15, -0.1) is 0 Å². The van der Waals surface area contributed by atoms with Gasteiger partial charge in [0.15, 0.2) is 0 Å². The summed E-state index contributed by atoms with van der Waals surface area (Å²) < 4.78 is 2.94. The first-order chi connectivity index (χ1) is 8.52. The van der Waals surface area contributed by atoms with Gasteiger partial charge < -0.3 is 9.88 Å². The molecule has 1 saturated carbocycles. The lowest BCUT2D eigenvalue weighted by atomic mass is 9.98. The summed E-state index contributed by atoms with van der Waals surface area (Å²) in [4.78, 5) is 12.3. The molecule has 1 fully saturated rings. The van der Waals surface area contributed by atoms with E-state index in [2.05, 4.69) is 35.1 Å². The predicted molar refractivity (Wildman–Crippen MR) is 76.6 cm³/mol. The second-order valence-electron chi connectivity index (χ2n) is 5.32. The molecule has 1 aromatic rings. The molecule has 1 amide bonds. The van der Waals surface area contributed by atoms with Crippen LogP contribution < -0.4 is 5.32 Å². The summed E-state index contributed by atoms with van der Waals surface area (Å²) >= 11 is 3.43. The van der Waals surface area contributed by atoms with Crippen LogP contribution in [0.15, 0.2) is 16.7 Å². The third-order valence-corrected chi connectivity index (χ3v) is 4.65. The van der Waals surface area contributed by atoms with Gasteiger partial charge in [0.2, 0.25) is 0 Å². The highest BCUT2D eigenvalue weighted by Gasteiger charge is 2.31. The van der Waals surface area contributed by atoms with Gasteiger partial charge >= 0.3 is 0 Å². The summed E-state index contributed by atoms with van der Waals surface area (Å²) in [7, 11) is 0. The molecular weight excluding hydrogens is 292 g/mol. The van der Waals surface area contributed by atoms with Crippen LogP contribution in [-0.4, -0.2) is 16.5 Å². The Hall–Kier alpha value is -0.770. The van der Waals surface area contributed by atoms with E-state index in [9.17, 15) is 4.79 Å². The molecule has 0 aliphatic heterocycles. The quantitative estimate of drug-likeness (QED) is 0.911. The van der Waals surface area contributed by atoms with E-state index in [1.807, 2.05) is 23.8 Å². The van der Waals surface area contributed by atoms with E-state index in [-0.39, 0.29) is 5.91 Å². The van der Waals surface area contributed by atoms with Crippen LogP contribution in [-0.2, 0) is 6.54 Å². The van der Waals surface area contributed by atoms with E-state index in [1.54, 1.807) is 0 Å². The Morgan fingerprint density at radius 3 is 2.78 bits per heavy atom. The van der Waals surface area contributed by atoms with Crippen molar-refractivity contribution >= 4 is 21.8 Å². The Bertz CT molecular complexity index is 441. The molecule has 2 rings (SSSR count). The average molecular weight is 313 g/mol. The molecule has 0 bridgehead atoms. The molecule has 4 heteroatoms. The molecule has 100 valence electrons. The maximum atomic E-state index is 12.3. The molecule has 0 radical (unpaired) electrons. The van der Waals surface area contributed by atoms with Crippen LogP contribution in [0.1, 0.15) is 44.1 Å². The summed E-state index contributed by atoms with van der Waals surface area (Å²) in [6.45, 7) is 7.36. The van der Waals surface area contributed by atoms with E-state index >= 15 is 0 Å². The van der Waals surface area contributed by atoms with Crippen LogP contribution in [0.25, 0.3) is 0 Å². The fraction of sp³-hybridized carbons (Fsp3) is 0.643. The molecule has 3 atom stereocenters. The molecule has 1 aliphatic rings. The molecule has 3 nitrogen and oxygen atoms in total. The molecule has 0 spiro atoms. The van der Waals surface area contributed by atoms with Gasteiger partial charge in [-0.3, -0.25) is 4.79 Å². The lowest BCUT2D eigenvalue weighted by Gasteiger charge is -2.20. The van der Waals surface area contributed by atoms with Crippen LogP contribution in [0.4, 0.5) is 0 Å². The van der Waals surface area contributed by atoms with Gasteiger partial charge in [0.05, 0.1) is 0 Å². The molecule has 0 aromatic carbocycles.